The van der Waals surface area contributed by atoms with Crippen LogP contribution in [0, 0.1) is 12.7 Å². The summed E-state index contributed by atoms with van der Waals surface area (Å²) in [6.45, 7) is 1.77. The summed E-state index contributed by atoms with van der Waals surface area (Å²) in [6.07, 6.45) is 1.97. The first-order valence-corrected chi connectivity index (χ1v) is 5.26. The van der Waals surface area contributed by atoms with Crippen LogP contribution in [0.1, 0.15) is 5.56 Å². The number of nitrogens with one attached hydrogen (secondary N) is 1. The van der Waals surface area contributed by atoms with Crippen molar-refractivity contribution in [3.63, 3.8) is 0 Å². The maximum absolute atomic E-state index is 13.5. The number of fused-ring (bicyclic) bond motifs is 1. The van der Waals surface area contributed by atoms with Crippen molar-refractivity contribution >= 4 is 22.7 Å². The molecule has 68 valence electrons. The fraction of sp³-hybridized carbons (Fsp3) is 0.200. The number of hydrogen-bond donors (Lipinski definition) is 1. The molecule has 0 amide bonds. The van der Waals surface area contributed by atoms with E-state index >= 15 is 0 Å². The molecule has 0 aliphatic carbocycles. The second-order valence-corrected chi connectivity index (χ2v) is 3.85. The van der Waals surface area contributed by atoms with E-state index in [9.17, 15) is 4.39 Å². The smallest absolute Gasteiger partial charge is 0.150 e. The molecule has 0 atom stereocenters. The van der Waals surface area contributed by atoms with E-state index in [0.29, 0.717) is 11.1 Å². The first-order valence-electron chi connectivity index (χ1n) is 4.04. The highest BCUT2D eigenvalue weighted by atomic mass is 32.2. The summed E-state index contributed by atoms with van der Waals surface area (Å²) in [7, 11) is 0. The van der Waals surface area contributed by atoms with Crippen LogP contribution in [0.3, 0.4) is 0 Å². The minimum absolute atomic E-state index is 0.141. The maximum atomic E-state index is 13.5. The molecule has 0 aliphatic rings. The van der Waals surface area contributed by atoms with Gasteiger partial charge in [0.25, 0.3) is 0 Å². The predicted octanol–water partition coefficient (Wildman–Crippen LogP) is 3.34. The van der Waals surface area contributed by atoms with E-state index in [-0.39, 0.29) is 5.82 Å². The molecule has 0 bridgehead atoms. The van der Waals surface area contributed by atoms with Crippen LogP contribution in [0.4, 0.5) is 4.39 Å². The Morgan fingerprint density at radius 2 is 2.15 bits per heavy atom. The van der Waals surface area contributed by atoms with Gasteiger partial charge in [-0.05, 0) is 24.8 Å². The van der Waals surface area contributed by atoms with Crippen LogP contribution in [-0.2, 0) is 0 Å². The average Bonchev–Trinajstić information content (AvgIpc) is 2.55. The van der Waals surface area contributed by atoms with Gasteiger partial charge in [-0.15, -0.1) is 11.8 Å². The molecule has 0 spiro atoms. The van der Waals surface area contributed by atoms with Gasteiger partial charge in [-0.1, -0.05) is 12.1 Å². The molecule has 3 heteroatoms. The van der Waals surface area contributed by atoms with Crippen molar-refractivity contribution in [3.8, 4) is 0 Å². The summed E-state index contributed by atoms with van der Waals surface area (Å²) in [5.41, 5.74) is 1.30. The van der Waals surface area contributed by atoms with Crippen molar-refractivity contribution in [1.82, 2.24) is 4.98 Å². The Labute approximate surface area is 80.3 Å². The van der Waals surface area contributed by atoms with Gasteiger partial charge in [0.05, 0.1) is 10.5 Å². The Hall–Kier alpha value is -0.960. The van der Waals surface area contributed by atoms with E-state index in [2.05, 4.69) is 4.98 Å². The van der Waals surface area contributed by atoms with E-state index in [0.717, 1.165) is 10.4 Å². The number of H-pyrrole nitrogens is 1. The second kappa shape index (κ2) is 3.07. The quantitative estimate of drug-likeness (QED) is 0.690. The van der Waals surface area contributed by atoms with Gasteiger partial charge < -0.3 is 4.98 Å². The lowest BCUT2D eigenvalue weighted by molar-refractivity contribution is 0.627. The van der Waals surface area contributed by atoms with Crippen molar-refractivity contribution in [3.05, 3.63) is 29.6 Å². The highest BCUT2D eigenvalue weighted by molar-refractivity contribution is 7.98. The molecule has 1 N–H and O–H groups in total. The summed E-state index contributed by atoms with van der Waals surface area (Å²) in [5, 5.41) is 1.94. The molecule has 0 aliphatic heterocycles. The Balaban J connectivity index is 2.76. The predicted molar refractivity (Wildman–Crippen MR) is 54.8 cm³/mol. The van der Waals surface area contributed by atoms with Gasteiger partial charge in [0, 0.05) is 5.39 Å². The molecular formula is C10H10FNS. The summed E-state index contributed by atoms with van der Waals surface area (Å²) < 4.78 is 13.5. The molecule has 1 heterocycles. The third-order valence-electron chi connectivity index (χ3n) is 2.12. The van der Waals surface area contributed by atoms with E-state index in [1.54, 1.807) is 24.8 Å². The normalized spacial score (nSPS) is 11.0. The number of aryl methyl sites for hydroxylation is 1. The van der Waals surface area contributed by atoms with Crippen LogP contribution in [0.15, 0.2) is 23.2 Å². The molecule has 2 rings (SSSR count). The highest BCUT2D eigenvalue weighted by Gasteiger charge is 2.06. The molecule has 1 aromatic heterocycles. The molecule has 0 unspecified atom stereocenters. The van der Waals surface area contributed by atoms with Crippen LogP contribution >= 0.6 is 11.8 Å². The fourth-order valence-electron chi connectivity index (χ4n) is 1.35. The zero-order valence-corrected chi connectivity index (χ0v) is 8.33. The van der Waals surface area contributed by atoms with Crippen molar-refractivity contribution in [1.29, 1.82) is 0 Å². The van der Waals surface area contributed by atoms with Crippen LogP contribution in [0.25, 0.3) is 10.9 Å². The van der Waals surface area contributed by atoms with Gasteiger partial charge in [-0.3, -0.25) is 0 Å². The average molecular weight is 195 g/mol. The van der Waals surface area contributed by atoms with Gasteiger partial charge in [0.15, 0.2) is 0 Å². The molecule has 1 aromatic carbocycles. The number of benzene rings is 1. The van der Waals surface area contributed by atoms with Gasteiger partial charge in [-0.2, -0.15) is 0 Å². The van der Waals surface area contributed by atoms with E-state index in [1.807, 2.05) is 18.4 Å². The highest BCUT2D eigenvalue weighted by Crippen LogP contribution is 2.24. The zero-order chi connectivity index (χ0) is 9.42. The minimum atomic E-state index is -0.141. The summed E-state index contributed by atoms with van der Waals surface area (Å²) in [4.78, 5) is 3.04. The summed E-state index contributed by atoms with van der Waals surface area (Å²) >= 11 is 1.59. The molecule has 0 radical (unpaired) electrons. The first-order chi connectivity index (χ1) is 6.22. The number of aromatic nitrogens is 1. The molecule has 13 heavy (non-hydrogen) atoms. The van der Waals surface area contributed by atoms with Gasteiger partial charge in [0.1, 0.15) is 5.82 Å². The van der Waals surface area contributed by atoms with E-state index in [1.165, 1.54) is 0 Å². The molecule has 0 saturated heterocycles. The number of hydrogen-bond acceptors (Lipinski definition) is 1. The van der Waals surface area contributed by atoms with Crippen molar-refractivity contribution in [2.75, 3.05) is 6.26 Å². The van der Waals surface area contributed by atoms with Crippen molar-refractivity contribution in [2.24, 2.45) is 0 Å². The Kier molecular flexibility index (Phi) is 2.04. The largest absolute Gasteiger partial charge is 0.347 e. The van der Waals surface area contributed by atoms with Crippen LogP contribution in [0.2, 0.25) is 0 Å². The van der Waals surface area contributed by atoms with Gasteiger partial charge in [-0.25, -0.2) is 4.39 Å². The van der Waals surface area contributed by atoms with Crippen molar-refractivity contribution < 1.29 is 4.39 Å². The number of rotatable bonds is 1. The molecule has 0 saturated carbocycles. The third-order valence-corrected chi connectivity index (χ3v) is 2.78. The Morgan fingerprint density at radius 3 is 2.85 bits per heavy atom. The third kappa shape index (κ3) is 1.33. The SMILES string of the molecule is CSc1cc2ccc(C)c(F)c2[nH]1. The molecule has 1 nitrogen and oxygen atoms in total. The lowest BCUT2D eigenvalue weighted by atomic mass is 10.2. The Bertz CT molecular complexity index is 447. The minimum Gasteiger partial charge on any atom is -0.347 e. The van der Waals surface area contributed by atoms with Crippen LogP contribution in [-0.4, -0.2) is 11.2 Å². The molecule has 0 fully saturated rings. The molecular weight excluding hydrogens is 185 g/mol. The number of thioether (sulfide) groups is 1. The van der Waals surface area contributed by atoms with Gasteiger partial charge in [0.2, 0.25) is 0 Å². The van der Waals surface area contributed by atoms with Crippen LogP contribution in [0.5, 0.6) is 0 Å². The summed E-state index contributed by atoms with van der Waals surface area (Å²) in [5.74, 6) is -0.141. The topological polar surface area (TPSA) is 15.8 Å². The second-order valence-electron chi connectivity index (χ2n) is 3.00. The van der Waals surface area contributed by atoms with Gasteiger partial charge >= 0.3 is 0 Å². The van der Waals surface area contributed by atoms with Crippen LogP contribution < -0.4 is 0 Å². The summed E-state index contributed by atoms with van der Waals surface area (Å²) in [6, 6.07) is 5.70. The standard InChI is InChI=1S/C10H10FNS/c1-6-3-4-7-5-8(13-2)12-10(7)9(6)11/h3-5,12H,1-2H3. The van der Waals surface area contributed by atoms with Crippen molar-refractivity contribution in [2.45, 2.75) is 11.9 Å². The number of aromatic amines is 1. The maximum Gasteiger partial charge on any atom is 0.150 e. The Morgan fingerprint density at radius 1 is 1.38 bits per heavy atom. The zero-order valence-electron chi connectivity index (χ0n) is 7.52. The van der Waals surface area contributed by atoms with E-state index < -0.39 is 0 Å². The van der Waals surface area contributed by atoms with E-state index in [4.69, 9.17) is 0 Å². The lowest BCUT2D eigenvalue weighted by Gasteiger charge is -1.96. The monoisotopic (exact) mass is 195 g/mol. The number of halogens is 1. The molecule has 2 aromatic rings. The first kappa shape index (κ1) is 8.63. The lowest BCUT2D eigenvalue weighted by Crippen LogP contribution is -1.82. The fourth-order valence-corrected chi connectivity index (χ4v) is 1.80.